The Morgan fingerprint density at radius 2 is 1.69 bits per heavy atom. The second-order valence-electron chi connectivity index (χ2n) is 5.90. The van der Waals surface area contributed by atoms with E-state index in [-0.39, 0.29) is 5.56 Å². The van der Waals surface area contributed by atoms with Crippen LogP contribution in [0.25, 0.3) is 26.3 Å². The zero-order valence-corrected chi connectivity index (χ0v) is 15.1. The van der Waals surface area contributed by atoms with Gasteiger partial charge >= 0.3 is 5.69 Å². The maximum atomic E-state index is 13.0. The number of H-pyrrole nitrogens is 1. The molecule has 0 bridgehead atoms. The minimum Gasteiger partial charge on any atom is -0.497 e. The standard InChI is InChI=1S/C20H16N2O3S/c1-12-16-18(26-17(12)13-8-10-15(25-2)11-9-13)21-20(24)22(19(16)23)14-6-4-3-5-7-14/h3-11H,1-2H3,(H,21,24). The number of hydrogen-bond acceptors (Lipinski definition) is 4. The number of methoxy groups -OCH3 is 1. The molecule has 4 aromatic rings. The Kier molecular flexibility index (Phi) is 3.97. The Morgan fingerprint density at radius 1 is 1.00 bits per heavy atom. The van der Waals surface area contributed by atoms with E-state index in [0.717, 1.165) is 21.8 Å². The number of ether oxygens (including phenoxy) is 1. The SMILES string of the molecule is COc1ccc(-c2sc3[nH]c(=O)n(-c4ccccc4)c(=O)c3c2C)cc1. The molecule has 0 saturated heterocycles. The van der Waals surface area contributed by atoms with E-state index in [1.807, 2.05) is 37.3 Å². The molecule has 2 aromatic carbocycles. The average molecular weight is 364 g/mol. The van der Waals surface area contributed by atoms with Crippen molar-refractivity contribution < 1.29 is 4.74 Å². The normalized spacial score (nSPS) is 11.0. The number of nitrogens with one attached hydrogen (secondary N) is 1. The first-order chi connectivity index (χ1) is 12.6. The number of aryl methyl sites for hydroxylation is 1. The van der Waals surface area contributed by atoms with Gasteiger partial charge in [0.2, 0.25) is 0 Å². The summed E-state index contributed by atoms with van der Waals surface area (Å²) in [6, 6.07) is 16.6. The largest absolute Gasteiger partial charge is 0.497 e. The van der Waals surface area contributed by atoms with Crippen LogP contribution < -0.4 is 16.0 Å². The second kappa shape index (κ2) is 6.31. The van der Waals surface area contributed by atoms with Crippen LogP contribution in [0.2, 0.25) is 0 Å². The molecule has 0 unspecified atom stereocenters. The van der Waals surface area contributed by atoms with E-state index in [1.54, 1.807) is 31.4 Å². The van der Waals surface area contributed by atoms with Crippen LogP contribution in [0.4, 0.5) is 0 Å². The predicted molar refractivity (Wildman–Crippen MR) is 105 cm³/mol. The highest BCUT2D eigenvalue weighted by atomic mass is 32.1. The minimum atomic E-state index is -0.434. The van der Waals surface area contributed by atoms with Crippen molar-refractivity contribution in [3.63, 3.8) is 0 Å². The van der Waals surface area contributed by atoms with Gasteiger partial charge in [0, 0.05) is 4.88 Å². The van der Waals surface area contributed by atoms with Crippen LogP contribution in [0.5, 0.6) is 5.75 Å². The molecule has 0 radical (unpaired) electrons. The molecular weight excluding hydrogens is 348 g/mol. The summed E-state index contributed by atoms with van der Waals surface area (Å²) in [6.07, 6.45) is 0. The zero-order valence-electron chi connectivity index (χ0n) is 14.3. The van der Waals surface area contributed by atoms with Crippen molar-refractivity contribution in [1.82, 2.24) is 9.55 Å². The fourth-order valence-corrected chi connectivity index (χ4v) is 4.24. The maximum absolute atomic E-state index is 13.0. The van der Waals surface area contributed by atoms with Gasteiger partial charge in [0.15, 0.2) is 0 Å². The highest BCUT2D eigenvalue weighted by Crippen LogP contribution is 2.36. The van der Waals surface area contributed by atoms with Crippen LogP contribution in [-0.2, 0) is 0 Å². The highest BCUT2D eigenvalue weighted by molar-refractivity contribution is 7.22. The lowest BCUT2D eigenvalue weighted by Gasteiger charge is -2.04. The van der Waals surface area contributed by atoms with E-state index in [9.17, 15) is 9.59 Å². The van der Waals surface area contributed by atoms with E-state index < -0.39 is 5.69 Å². The smallest absolute Gasteiger partial charge is 0.334 e. The third kappa shape index (κ3) is 2.55. The number of rotatable bonds is 3. The van der Waals surface area contributed by atoms with E-state index in [4.69, 9.17) is 4.74 Å². The Bertz CT molecular complexity index is 1200. The van der Waals surface area contributed by atoms with Crippen LogP contribution in [0.1, 0.15) is 5.56 Å². The second-order valence-corrected chi connectivity index (χ2v) is 6.92. The lowest BCUT2D eigenvalue weighted by molar-refractivity contribution is 0.415. The summed E-state index contributed by atoms with van der Waals surface area (Å²) in [4.78, 5) is 29.9. The van der Waals surface area contributed by atoms with Gasteiger partial charge in [-0.05, 0) is 54.4 Å². The lowest BCUT2D eigenvalue weighted by atomic mass is 10.1. The molecule has 0 saturated carbocycles. The Hall–Kier alpha value is -3.12. The fraction of sp³-hybridized carbons (Fsp3) is 0.100. The first-order valence-corrected chi connectivity index (χ1v) is 8.90. The number of aromatic amines is 1. The Labute approximate surface area is 153 Å². The number of nitrogens with zero attached hydrogens (tertiary/aromatic N) is 1. The van der Waals surface area contributed by atoms with Crippen molar-refractivity contribution in [2.75, 3.05) is 7.11 Å². The van der Waals surface area contributed by atoms with Crippen LogP contribution in [0.15, 0.2) is 64.2 Å². The number of fused-ring (bicyclic) bond motifs is 1. The molecule has 5 nitrogen and oxygen atoms in total. The number of para-hydroxylation sites is 1. The van der Waals surface area contributed by atoms with E-state index in [2.05, 4.69) is 4.98 Å². The van der Waals surface area contributed by atoms with Gasteiger partial charge in [-0.3, -0.25) is 9.78 Å². The van der Waals surface area contributed by atoms with E-state index in [1.165, 1.54) is 15.9 Å². The molecule has 0 aliphatic heterocycles. The van der Waals surface area contributed by atoms with Crippen molar-refractivity contribution >= 4 is 21.6 Å². The summed E-state index contributed by atoms with van der Waals surface area (Å²) in [5, 5.41) is 0.546. The number of hydrogen-bond donors (Lipinski definition) is 1. The Balaban J connectivity index is 1.97. The number of thiophene rings is 1. The summed E-state index contributed by atoms with van der Waals surface area (Å²) >= 11 is 1.41. The van der Waals surface area contributed by atoms with Crippen molar-refractivity contribution in [3.8, 4) is 21.9 Å². The molecule has 0 aliphatic carbocycles. The van der Waals surface area contributed by atoms with Crippen molar-refractivity contribution in [1.29, 1.82) is 0 Å². The molecule has 0 atom stereocenters. The molecular formula is C20H16N2O3S. The van der Waals surface area contributed by atoms with Gasteiger partial charge in [0.25, 0.3) is 5.56 Å². The highest BCUT2D eigenvalue weighted by Gasteiger charge is 2.17. The van der Waals surface area contributed by atoms with Gasteiger partial charge in [-0.2, -0.15) is 0 Å². The molecule has 1 N–H and O–H groups in total. The fourth-order valence-electron chi connectivity index (χ4n) is 3.05. The van der Waals surface area contributed by atoms with Crippen molar-refractivity contribution in [2.24, 2.45) is 0 Å². The van der Waals surface area contributed by atoms with Crippen LogP contribution in [0.3, 0.4) is 0 Å². The molecule has 0 spiro atoms. The van der Waals surface area contributed by atoms with Gasteiger partial charge < -0.3 is 4.74 Å². The predicted octanol–water partition coefficient (Wildman–Crippen LogP) is 3.72. The maximum Gasteiger partial charge on any atom is 0.334 e. The van der Waals surface area contributed by atoms with Gasteiger partial charge in [-0.15, -0.1) is 11.3 Å². The summed E-state index contributed by atoms with van der Waals surface area (Å²) in [5.74, 6) is 0.771. The summed E-state index contributed by atoms with van der Waals surface area (Å²) < 4.78 is 6.38. The third-order valence-electron chi connectivity index (χ3n) is 4.35. The van der Waals surface area contributed by atoms with Gasteiger partial charge in [-0.25, -0.2) is 9.36 Å². The quantitative estimate of drug-likeness (QED) is 0.602. The van der Waals surface area contributed by atoms with E-state index in [0.29, 0.717) is 15.9 Å². The molecule has 26 heavy (non-hydrogen) atoms. The van der Waals surface area contributed by atoms with Crippen molar-refractivity contribution in [2.45, 2.75) is 6.92 Å². The molecule has 0 amide bonds. The lowest BCUT2D eigenvalue weighted by Crippen LogP contribution is -2.33. The summed E-state index contributed by atoms with van der Waals surface area (Å²) in [5.41, 5.74) is 1.66. The van der Waals surface area contributed by atoms with Crippen LogP contribution in [-0.4, -0.2) is 16.7 Å². The third-order valence-corrected chi connectivity index (χ3v) is 5.61. The van der Waals surface area contributed by atoms with Gasteiger partial charge in [-0.1, -0.05) is 18.2 Å². The van der Waals surface area contributed by atoms with Crippen molar-refractivity contribution in [3.05, 3.63) is 81.0 Å². The molecule has 0 aliphatic rings. The Morgan fingerprint density at radius 3 is 2.35 bits per heavy atom. The summed E-state index contributed by atoms with van der Waals surface area (Å²) in [6.45, 7) is 1.91. The molecule has 130 valence electrons. The van der Waals surface area contributed by atoms with Crippen LogP contribution >= 0.6 is 11.3 Å². The summed E-state index contributed by atoms with van der Waals surface area (Å²) in [7, 11) is 1.62. The molecule has 2 heterocycles. The topological polar surface area (TPSA) is 64.1 Å². The monoisotopic (exact) mass is 364 g/mol. The average Bonchev–Trinajstić information content (AvgIpc) is 2.99. The van der Waals surface area contributed by atoms with Crippen LogP contribution in [0, 0.1) is 6.92 Å². The van der Waals surface area contributed by atoms with Gasteiger partial charge in [0.05, 0.1) is 18.2 Å². The first-order valence-electron chi connectivity index (χ1n) is 8.08. The number of benzene rings is 2. The molecule has 4 rings (SSSR count). The number of aromatic nitrogens is 2. The zero-order chi connectivity index (χ0) is 18.3. The van der Waals surface area contributed by atoms with E-state index >= 15 is 0 Å². The minimum absolute atomic E-state index is 0.302. The van der Waals surface area contributed by atoms with Gasteiger partial charge in [0.1, 0.15) is 10.6 Å². The molecule has 0 fully saturated rings. The molecule has 6 heteroatoms. The first kappa shape index (κ1) is 16.4. The molecule has 2 aromatic heterocycles.